The molecule has 2 aromatic heterocycles. The Morgan fingerprint density at radius 1 is 1.16 bits per heavy atom. The highest BCUT2D eigenvalue weighted by Crippen LogP contribution is 2.28. The van der Waals surface area contributed by atoms with Gasteiger partial charge in [0.2, 0.25) is 0 Å². The molecule has 128 valence electrons. The van der Waals surface area contributed by atoms with Gasteiger partial charge in [0.05, 0.1) is 5.69 Å². The summed E-state index contributed by atoms with van der Waals surface area (Å²) in [5.74, 6) is -0.0599. The van der Waals surface area contributed by atoms with Crippen molar-refractivity contribution in [3.8, 4) is 10.6 Å². The lowest BCUT2D eigenvalue weighted by Gasteiger charge is -2.03. The van der Waals surface area contributed by atoms with Crippen LogP contribution in [0.25, 0.3) is 10.6 Å². The lowest BCUT2D eigenvalue weighted by atomic mass is 10.1. The van der Waals surface area contributed by atoms with Crippen LogP contribution in [0.1, 0.15) is 33.4 Å². The van der Waals surface area contributed by atoms with E-state index in [1.807, 2.05) is 25.3 Å². The van der Waals surface area contributed by atoms with Crippen LogP contribution in [0, 0.1) is 6.92 Å². The number of amides is 1. The normalized spacial score (nSPS) is 10.6. The van der Waals surface area contributed by atoms with Gasteiger partial charge in [-0.3, -0.25) is 9.78 Å². The number of pyridine rings is 1. The van der Waals surface area contributed by atoms with Crippen molar-refractivity contribution < 1.29 is 4.79 Å². The van der Waals surface area contributed by atoms with Gasteiger partial charge in [-0.05, 0) is 37.0 Å². The molecule has 0 saturated carbocycles. The minimum atomic E-state index is -0.0599. The topological polar surface area (TPSA) is 54.9 Å². The van der Waals surface area contributed by atoms with Gasteiger partial charge in [0, 0.05) is 24.5 Å². The first-order chi connectivity index (χ1) is 12.2. The second kappa shape index (κ2) is 8.03. The van der Waals surface area contributed by atoms with Gasteiger partial charge >= 0.3 is 0 Å². The van der Waals surface area contributed by atoms with Crippen LogP contribution in [0.3, 0.4) is 0 Å². The van der Waals surface area contributed by atoms with Crippen LogP contribution in [0.15, 0.2) is 48.8 Å². The molecule has 0 unspecified atom stereocenters. The summed E-state index contributed by atoms with van der Waals surface area (Å²) in [5.41, 5.74) is 4.24. The van der Waals surface area contributed by atoms with Crippen LogP contribution >= 0.6 is 11.3 Å². The van der Waals surface area contributed by atoms with E-state index >= 15 is 0 Å². The molecular weight excluding hydrogens is 330 g/mol. The molecule has 0 saturated heterocycles. The van der Waals surface area contributed by atoms with Gasteiger partial charge in [-0.2, -0.15) is 0 Å². The average Bonchev–Trinajstić information content (AvgIpc) is 3.04. The molecule has 0 fully saturated rings. The fourth-order valence-corrected chi connectivity index (χ4v) is 3.55. The van der Waals surface area contributed by atoms with Crippen LogP contribution < -0.4 is 5.32 Å². The van der Waals surface area contributed by atoms with E-state index in [-0.39, 0.29) is 5.91 Å². The van der Waals surface area contributed by atoms with Crippen LogP contribution in [-0.2, 0) is 12.8 Å². The number of carbonyl (C=O) groups excluding carboxylic acids is 1. The van der Waals surface area contributed by atoms with Crippen LogP contribution in [0.2, 0.25) is 0 Å². The van der Waals surface area contributed by atoms with E-state index < -0.39 is 0 Å². The van der Waals surface area contributed by atoms with Crippen molar-refractivity contribution in [2.24, 2.45) is 0 Å². The molecule has 0 aliphatic rings. The van der Waals surface area contributed by atoms with Crippen molar-refractivity contribution in [3.63, 3.8) is 0 Å². The predicted octanol–water partition coefficient (Wildman–Crippen LogP) is 4.05. The Kier molecular flexibility index (Phi) is 5.56. The maximum absolute atomic E-state index is 12.4. The molecule has 25 heavy (non-hydrogen) atoms. The fourth-order valence-electron chi connectivity index (χ4n) is 2.56. The summed E-state index contributed by atoms with van der Waals surface area (Å²) in [4.78, 5) is 21.8. The van der Waals surface area contributed by atoms with E-state index in [0.717, 1.165) is 34.7 Å². The van der Waals surface area contributed by atoms with Crippen molar-refractivity contribution in [2.45, 2.75) is 26.7 Å². The van der Waals surface area contributed by atoms with Gasteiger partial charge in [-0.1, -0.05) is 37.3 Å². The van der Waals surface area contributed by atoms with Crippen molar-refractivity contribution in [1.29, 1.82) is 0 Å². The van der Waals surface area contributed by atoms with Crippen molar-refractivity contribution in [3.05, 3.63) is 70.5 Å². The Hall–Kier alpha value is -2.53. The number of nitrogens with zero attached hydrogens (tertiary/aromatic N) is 2. The molecule has 0 spiro atoms. The number of benzene rings is 1. The van der Waals surface area contributed by atoms with Gasteiger partial charge in [0.15, 0.2) is 0 Å². The highest BCUT2D eigenvalue weighted by molar-refractivity contribution is 7.17. The van der Waals surface area contributed by atoms with E-state index in [9.17, 15) is 4.79 Å². The third-order valence-corrected chi connectivity index (χ3v) is 5.24. The van der Waals surface area contributed by atoms with Gasteiger partial charge in [0.25, 0.3) is 5.91 Å². The zero-order valence-corrected chi connectivity index (χ0v) is 15.3. The molecule has 2 heterocycles. The number of thiazole rings is 1. The molecule has 3 aromatic rings. The Morgan fingerprint density at radius 2 is 1.96 bits per heavy atom. The van der Waals surface area contributed by atoms with Gasteiger partial charge in [0.1, 0.15) is 9.88 Å². The summed E-state index contributed by atoms with van der Waals surface area (Å²) in [7, 11) is 0. The zero-order chi connectivity index (χ0) is 17.6. The maximum Gasteiger partial charge on any atom is 0.263 e. The van der Waals surface area contributed by atoms with Crippen molar-refractivity contribution in [1.82, 2.24) is 15.3 Å². The monoisotopic (exact) mass is 351 g/mol. The SMILES string of the molecule is CCc1ccc(-c2nc(C)c(C(=O)NCCc3cccnc3)s2)cc1. The zero-order valence-electron chi connectivity index (χ0n) is 14.5. The third kappa shape index (κ3) is 4.31. The summed E-state index contributed by atoms with van der Waals surface area (Å²) in [6, 6.07) is 12.3. The molecule has 4 nitrogen and oxygen atoms in total. The predicted molar refractivity (Wildman–Crippen MR) is 102 cm³/mol. The van der Waals surface area contributed by atoms with Crippen LogP contribution in [0.4, 0.5) is 0 Å². The molecule has 1 amide bonds. The minimum absolute atomic E-state index is 0.0599. The van der Waals surface area contributed by atoms with E-state index in [0.29, 0.717) is 11.4 Å². The molecule has 3 rings (SSSR count). The standard InChI is InChI=1S/C20H21N3OS/c1-3-15-6-8-17(9-7-15)20-23-14(2)18(25-20)19(24)22-12-10-16-5-4-11-21-13-16/h4-9,11,13H,3,10,12H2,1-2H3,(H,22,24). The number of hydrogen-bond donors (Lipinski definition) is 1. The van der Waals surface area contributed by atoms with Crippen LogP contribution in [-0.4, -0.2) is 22.4 Å². The molecule has 0 aliphatic heterocycles. The highest BCUT2D eigenvalue weighted by atomic mass is 32.1. The summed E-state index contributed by atoms with van der Waals surface area (Å²) in [5, 5.41) is 3.86. The van der Waals surface area contributed by atoms with E-state index in [4.69, 9.17) is 0 Å². The quantitative estimate of drug-likeness (QED) is 0.729. The molecule has 1 N–H and O–H groups in total. The van der Waals surface area contributed by atoms with Crippen molar-refractivity contribution >= 4 is 17.2 Å². The second-order valence-corrected chi connectivity index (χ2v) is 6.85. The number of hydrogen-bond acceptors (Lipinski definition) is 4. The maximum atomic E-state index is 12.4. The molecule has 0 bridgehead atoms. The number of rotatable bonds is 6. The summed E-state index contributed by atoms with van der Waals surface area (Å²) in [6.07, 6.45) is 5.35. The number of aromatic nitrogens is 2. The molecular formula is C20H21N3OS. The first-order valence-electron chi connectivity index (χ1n) is 8.41. The van der Waals surface area contributed by atoms with Gasteiger partial charge in [-0.25, -0.2) is 4.98 Å². The Labute approximate surface area is 152 Å². The average molecular weight is 351 g/mol. The lowest BCUT2D eigenvalue weighted by molar-refractivity contribution is 0.0957. The Morgan fingerprint density at radius 3 is 2.64 bits per heavy atom. The van der Waals surface area contributed by atoms with Gasteiger partial charge in [-0.15, -0.1) is 11.3 Å². The Bertz CT molecular complexity index is 841. The van der Waals surface area contributed by atoms with E-state index in [1.54, 1.807) is 6.20 Å². The Balaban J connectivity index is 1.65. The number of aryl methyl sites for hydroxylation is 2. The largest absolute Gasteiger partial charge is 0.351 e. The fraction of sp³-hybridized carbons (Fsp3) is 0.250. The van der Waals surface area contributed by atoms with Gasteiger partial charge < -0.3 is 5.32 Å². The van der Waals surface area contributed by atoms with Crippen LogP contribution in [0.5, 0.6) is 0 Å². The summed E-state index contributed by atoms with van der Waals surface area (Å²) >= 11 is 1.44. The van der Waals surface area contributed by atoms with E-state index in [1.165, 1.54) is 16.9 Å². The highest BCUT2D eigenvalue weighted by Gasteiger charge is 2.15. The van der Waals surface area contributed by atoms with E-state index in [2.05, 4.69) is 46.5 Å². The first-order valence-corrected chi connectivity index (χ1v) is 9.23. The number of carbonyl (C=O) groups is 1. The number of nitrogens with one attached hydrogen (secondary N) is 1. The molecule has 0 radical (unpaired) electrons. The molecule has 1 aromatic carbocycles. The smallest absolute Gasteiger partial charge is 0.263 e. The first kappa shape index (κ1) is 17.3. The minimum Gasteiger partial charge on any atom is -0.351 e. The van der Waals surface area contributed by atoms with Crippen molar-refractivity contribution in [2.75, 3.05) is 6.54 Å². The molecule has 0 atom stereocenters. The summed E-state index contributed by atoms with van der Waals surface area (Å²) < 4.78 is 0. The molecule has 5 heteroatoms. The third-order valence-electron chi connectivity index (χ3n) is 4.03. The second-order valence-electron chi connectivity index (χ2n) is 5.85. The lowest BCUT2D eigenvalue weighted by Crippen LogP contribution is -2.25. The molecule has 0 aliphatic carbocycles. The summed E-state index contributed by atoms with van der Waals surface area (Å²) in [6.45, 7) is 4.61.